The van der Waals surface area contributed by atoms with Crippen molar-refractivity contribution in [2.75, 3.05) is 6.54 Å². The van der Waals surface area contributed by atoms with Gasteiger partial charge in [-0.3, -0.25) is 0 Å². The highest BCUT2D eigenvalue weighted by Gasteiger charge is 2.22. The SMILES string of the molecule is CC(C)CNCc1cnoc1C1CCCCC1. The van der Waals surface area contributed by atoms with Crippen molar-refractivity contribution in [3.63, 3.8) is 0 Å². The first kappa shape index (κ1) is 12.6. The van der Waals surface area contributed by atoms with Gasteiger partial charge in [0.05, 0.1) is 6.20 Å². The third-order valence-corrected chi connectivity index (χ3v) is 3.52. The Morgan fingerprint density at radius 1 is 1.35 bits per heavy atom. The zero-order valence-corrected chi connectivity index (χ0v) is 11.0. The smallest absolute Gasteiger partial charge is 0.144 e. The molecule has 0 aromatic carbocycles. The van der Waals surface area contributed by atoms with E-state index in [1.807, 2.05) is 6.20 Å². The summed E-state index contributed by atoms with van der Waals surface area (Å²) < 4.78 is 5.47. The van der Waals surface area contributed by atoms with Crippen molar-refractivity contribution in [1.82, 2.24) is 10.5 Å². The maximum Gasteiger partial charge on any atom is 0.144 e. The van der Waals surface area contributed by atoms with Crippen LogP contribution in [0.4, 0.5) is 0 Å². The number of hydrogen-bond acceptors (Lipinski definition) is 3. The summed E-state index contributed by atoms with van der Waals surface area (Å²) in [6.07, 6.45) is 8.48. The lowest BCUT2D eigenvalue weighted by Crippen LogP contribution is -2.19. The van der Waals surface area contributed by atoms with Gasteiger partial charge in [0.15, 0.2) is 0 Å². The molecule has 96 valence electrons. The van der Waals surface area contributed by atoms with Gasteiger partial charge in [-0.2, -0.15) is 0 Å². The van der Waals surface area contributed by atoms with Crippen LogP contribution in [-0.2, 0) is 6.54 Å². The molecule has 0 atom stereocenters. The lowest BCUT2D eigenvalue weighted by molar-refractivity contribution is 0.318. The summed E-state index contributed by atoms with van der Waals surface area (Å²) in [7, 11) is 0. The molecule has 2 rings (SSSR count). The molecular weight excluding hydrogens is 212 g/mol. The van der Waals surface area contributed by atoms with Crippen LogP contribution in [0, 0.1) is 5.92 Å². The third kappa shape index (κ3) is 3.56. The molecule has 1 heterocycles. The topological polar surface area (TPSA) is 38.1 Å². The van der Waals surface area contributed by atoms with Gasteiger partial charge in [-0.25, -0.2) is 0 Å². The average Bonchev–Trinajstić information content (AvgIpc) is 2.78. The normalized spacial score (nSPS) is 17.8. The summed E-state index contributed by atoms with van der Waals surface area (Å²) in [6, 6.07) is 0. The second kappa shape index (κ2) is 6.20. The number of hydrogen-bond donors (Lipinski definition) is 1. The Bertz CT molecular complexity index is 327. The monoisotopic (exact) mass is 236 g/mol. The fraction of sp³-hybridized carbons (Fsp3) is 0.786. The van der Waals surface area contributed by atoms with Crippen LogP contribution in [0.1, 0.15) is 63.2 Å². The van der Waals surface area contributed by atoms with E-state index in [0.29, 0.717) is 11.8 Å². The molecule has 0 radical (unpaired) electrons. The Balaban J connectivity index is 1.91. The van der Waals surface area contributed by atoms with Crippen molar-refractivity contribution in [1.29, 1.82) is 0 Å². The summed E-state index contributed by atoms with van der Waals surface area (Å²) in [6.45, 7) is 6.40. The van der Waals surface area contributed by atoms with Crippen molar-refractivity contribution < 1.29 is 4.52 Å². The van der Waals surface area contributed by atoms with E-state index in [4.69, 9.17) is 4.52 Å². The maximum atomic E-state index is 5.47. The van der Waals surface area contributed by atoms with Crippen LogP contribution in [-0.4, -0.2) is 11.7 Å². The van der Waals surface area contributed by atoms with E-state index >= 15 is 0 Å². The van der Waals surface area contributed by atoms with E-state index in [9.17, 15) is 0 Å². The van der Waals surface area contributed by atoms with Crippen molar-refractivity contribution in [3.05, 3.63) is 17.5 Å². The van der Waals surface area contributed by atoms with Crippen LogP contribution in [0.3, 0.4) is 0 Å². The van der Waals surface area contributed by atoms with E-state index in [0.717, 1.165) is 18.8 Å². The molecule has 0 unspecified atom stereocenters. The Kier molecular flexibility index (Phi) is 4.60. The molecule has 1 aromatic rings. The molecule has 1 aliphatic rings. The molecule has 0 aliphatic heterocycles. The molecule has 0 amide bonds. The first-order valence-corrected chi connectivity index (χ1v) is 6.91. The second-order valence-corrected chi connectivity index (χ2v) is 5.57. The lowest BCUT2D eigenvalue weighted by atomic mass is 9.86. The third-order valence-electron chi connectivity index (χ3n) is 3.52. The minimum absolute atomic E-state index is 0.613. The number of aromatic nitrogens is 1. The summed E-state index contributed by atoms with van der Waals surface area (Å²) >= 11 is 0. The summed E-state index contributed by atoms with van der Waals surface area (Å²) in [5.74, 6) is 2.44. The molecule has 0 spiro atoms. The van der Waals surface area contributed by atoms with Crippen molar-refractivity contribution >= 4 is 0 Å². The van der Waals surface area contributed by atoms with Crippen LogP contribution in [0.15, 0.2) is 10.7 Å². The van der Waals surface area contributed by atoms with E-state index in [1.165, 1.54) is 37.7 Å². The Labute approximate surface area is 104 Å². The van der Waals surface area contributed by atoms with Crippen molar-refractivity contribution in [2.45, 2.75) is 58.4 Å². The molecule has 3 heteroatoms. The van der Waals surface area contributed by atoms with Gasteiger partial charge in [0.25, 0.3) is 0 Å². The Morgan fingerprint density at radius 2 is 2.12 bits per heavy atom. The van der Waals surface area contributed by atoms with Crippen LogP contribution in [0.5, 0.6) is 0 Å². The number of nitrogens with one attached hydrogen (secondary N) is 1. The lowest BCUT2D eigenvalue weighted by Gasteiger charge is -2.20. The van der Waals surface area contributed by atoms with Crippen molar-refractivity contribution in [2.24, 2.45) is 5.92 Å². The van der Waals surface area contributed by atoms with Crippen LogP contribution < -0.4 is 5.32 Å². The van der Waals surface area contributed by atoms with Gasteiger partial charge in [0.1, 0.15) is 5.76 Å². The van der Waals surface area contributed by atoms with E-state index in [1.54, 1.807) is 0 Å². The Morgan fingerprint density at radius 3 is 2.82 bits per heavy atom. The fourth-order valence-corrected chi connectivity index (χ4v) is 2.60. The number of rotatable bonds is 5. The molecule has 3 nitrogen and oxygen atoms in total. The highest BCUT2D eigenvalue weighted by Crippen LogP contribution is 2.34. The highest BCUT2D eigenvalue weighted by atomic mass is 16.5. The molecule has 1 aromatic heterocycles. The quantitative estimate of drug-likeness (QED) is 0.850. The molecule has 1 aliphatic carbocycles. The van der Waals surface area contributed by atoms with Crippen molar-refractivity contribution in [3.8, 4) is 0 Å². The van der Waals surface area contributed by atoms with Crippen LogP contribution in [0.2, 0.25) is 0 Å². The van der Waals surface area contributed by atoms with E-state index in [-0.39, 0.29) is 0 Å². The van der Waals surface area contributed by atoms with Gasteiger partial charge in [0, 0.05) is 18.0 Å². The molecule has 0 saturated heterocycles. The number of nitrogens with zero attached hydrogens (tertiary/aromatic N) is 1. The van der Waals surface area contributed by atoms with Gasteiger partial charge >= 0.3 is 0 Å². The molecule has 1 fully saturated rings. The minimum Gasteiger partial charge on any atom is -0.361 e. The molecule has 1 N–H and O–H groups in total. The minimum atomic E-state index is 0.613. The summed E-state index contributed by atoms with van der Waals surface area (Å²) in [5.41, 5.74) is 1.26. The summed E-state index contributed by atoms with van der Waals surface area (Å²) in [5, 5.41) is 7.45. The standard InChI is InChI=1S/C14H24N2O/c1-11(2)8-15-9-13-10-16-17-14(13)12-6-4-3-5-7-12/h10-12,15H,3-9H2,1-2H3. The predicted molar refractivity (Wildman–Crippen MR) is 68.9 cm³/mol. The molecular formula is C14H24N2O. The highest BCUT2D eigenvalue weighted by molar-refractivity contribution is 5.18. The predicted octanol–water partition coefficient (Wildman–Crippen LogP) is 3.47. The Hall–Kier alpha value is -0.830. The maximum absolute atomic E-state index is 5.47. The van der Waals surface area contributed by atoms with Gasteiger partial charge in [0.2, 0.25) is 0 Å². The first-order chi connectivity index (χ1) is 8.27. The largest absolute Gasteiger partial charge is 0.361 e. The van der Waals surface area contributed by atoms with E-state index < -0.39 is 0 Å². The fourth-order valence-electron chi connectivity index (χ4n) is 2.60. The zero-order chi connectivity index (χ0) is 12.1. The van der Waals surface area contributed by atoms with Crippen LogP contribution >= 0.6 is 0 Å². The molecule has 1 saturated carbocycles. The first-order valence-electron chi connectivity index (χ1n) is 6.91. The summed E-state index contributed by atoms with van der Waals surface area (Å²) in [4.78, 5) is 0. The second-order valence-electron chi connectivity index (χ2n) is 5.57. The molecule has 0 bridgehead atoms. The van der Waals surface area contributed by atoms with E-state index in [2.05, 4.69) is 24.3 Å². The average molecular weight is 236 g/mol. The van der Waals surface area contributed by atoms with Gasteiger partial charge in [-0.1, -0.05) is 38.3 Å². The van der Waals surface area contributed by atoms with Crippen LogP contribution in [0.25, 0.3) is 0 Å². The molecule has 17 heavy (non-hydrogen) atoms. The van der Waals surface area contributed by atoms with Gasteiger partial charge in [-0.15, -0.1) is 0 Å². The van der Waals surface area contributed by atoms with Gasteiger partial charge in [-0.05, 0) is 25.3 Å². The van der Waals surface area contributed by atoms with Gasteiger partial charge < -0.3 is 9.84 Å². The zero-order valence-electron chi connectivity index (χ0n) is 11.0.